The molecule has 0 radical (unpaired) electrons. The third-order valence-electron chi connectivity index (χ3n) is 4.52. The maximum atomic E-state index is 15.2. The summed E-state index contributed by atoms with van der Waals surface area (Å²) in [6.07, 6.45) is -0.488. The van der Waals surface area contributed by atoms with Gasteiger partial charge in [0, 0.05) is 11.6 Å². The van der Waals surface area contributed by atoms with Crippen molar-refractivity contribution in [2.45, 2.75) is 58.7 Å². The standard InChI is InChI=1S/C19H24FN3O3/c1-11-14-12(6-7-18(2,3)4)8-23(16(14)22-10-21-11)17-19(5,20)15(25)13(9-24)26-17/h8,10,13,15,17,24-25H,9H2,1-5H3/t13-,15-,17-,19-/m1/s1. The van der Waals surface area contributed by atoms with Crippen LogP contribution in [-0.2, 0) is 4.74 Å². The van der Waals surface area contributed by atoms with E-state index in [0.29, 0.717) is 11.2 Å². The number of fused-ring (bicyclic) bond motifs is 1. The fourth-order valence-electron chi connectivity index (χ4n) is 3.13. The van der Waals surface area contributed by atoms with Crippen LogP contribution in [0.5, 0.6) is 0 Å². The van der Waals surface area contributed by atoms with E-state index in [-0.39, 0.29) is 5.41 Å². The molecule has 2 aromatic rings. The minimum atomic E-state index is -2.09. The molecular weight excluding hydrogens is 337 g/mol. The lowest BCUT2D eigenvalue weighted by molar-refractivity contribution is -0.0564. The molecule has 140 valence electrons. The number of alkyl halides is 1. The summed E-state index contributed by atoms with van der Waals surface area (Å²) in [6, 6.07) is 0. The second-order valence-corrected chi connectivity index (χ2v) is 7.91. The van der Waals surface area contributed by atoms with Crippen molar-refractivity contribution >= 4 is 11.0 Å². The van der Waals surface area contributed by atoms with Crippen molar-refractivity contribution in [1.29, 1.82) is 0 Å². The van der Waals surface area contributed by atoms with Gasteiger partial charge < -0.3 is 19.5 Å². The Morgan fingerprint density at radius 1 is 1.38 bits per heavy atom. The van der Waals surface area contributed by atoms with E-state index in [1.54, 1.807) is 6.20 Å². The Morgan fingerprint density at radius 3 is 2.65 bits per heavy atom. The maximum absolute atomic E-state index is 15.2. The monoisotopic (exact) mass is 361 g/mol. The average Bonchev–Trinajstić information content (AvgIpc) is 3.02. The topological polar surface area (TPSA) is 80.4 Å². The first-order valence-electron chi connectivity index (χ1n) is 8.55. The van der Waals surface area contributed by atoms with Crippen molar-refractivity contribution in [2.24, 2.45) is 5.41 Å². The van der Waals surface area contributed by atoms with E-state index < -0.39 is 30.7 Å². The highest BCUT2D eigenvalue weighted by Crippen LogP contribution is 2.43. The second kappa shape index (κ2) is 6.31. The molecule has 2 aromatic heterocycles. The van der Waals surface area contributed by atoms with Gasteiger partial charge in [-0.2, -0.15) is 0 Å². The van der Waals surface area contributed by atoms with Crippen LogP contribution in [-0.4, -0.2) is 49.2 Å². The Balaban J connectivity index is 2.19. The van der Waals surface area contributed by atoms with Gasteiger partial charge in [-0.15, -0.1) is 0 Å². The highest BCUT2D eigenvalue weighted by Gasteiger charge is 2.55. The SMILES string of the molecule is Cc1ncnc2c1c(C#CC(C)(C)C)cn2[C@@H]1O[C@H](CO)[C@@H](O)[C@@]1(C)F. The van der Waals surface area contributed by atoms with Gasteiger partial charge >= 0.3 is 0 Å². The molecule has 3 heterocycles. The number of aromatic nitrogens is 3. The number of aryl methyl sites for hydroxylation is 1. The van der Waals surface area contributed by atoms with Crippen LogP contribution in [0.15, 0.2) is 12.5 Å². The Kier molecular flexibility index (Phi) is 4.55. The molecule has 26 heavy (non-hydrogen) atoms. The summed E-state index contributed by atoms with van der Waals surface area (Å²) in [5, 5.41) is 20.2. The number of hydrogen-bond donors (Lipinski definition) is 2. The average molecular weight is 361 g/mol. The number of halogens is 1. The molecule has 0 saturated carbocycles. The Bertz CT molecular complexity index is 889. The molecule has 6 nitrogen and oxygen atoms in total. The summed E-state index contributed by atoms with van der Waals surface area (Å²) < 4.78 is 22.4. The van der Waals surface area contributed by atoms with Crippen molar-refractivity contribution in [3.05, 3.63) is 23.8 Å². The molecule has 0 spiro atoms. The zero-order chi connectivity index (χ0) is 19.3. The van der Waals surface area contributed by atoms with Crippen molar-refractivity contribution < 1.29 is 19.3 Å². The number of nitrogens with zero attached hydrogens (tertiary/aromatic N) is 3. The normalized spacial score (nSPS) is 29.0. The lowest BCUT2D eigenvalue weighted by Gasteiger charge is -2.25. The largest absolute Gasteiger partial charge is 0.394 e. The van der Waals surface area contributed by atoms with Crippen LogP contribution in [0, 0.1) is 24.2 Å². The quantitative estimate of drug-likeness (QED) is 0.801. The van der Waals surface area contributed by atoms with E-state index in [0.717, 1.165) is 11.1 Å². The third kappa shape index (κ3) is 3.09. The fourth-order valence-corrected chi connectivity index (χ4v) is 3.13. The number of aliphatic hydroxyl groups is 2. The van der Waals surface area contributed by atoms with Crippen molar-refractivity contribution in [2.75, 3.05) is 6.61 Å². The summed E-state index contributed by atoms with van der Waals surface area (Å²) in [5.41, 5.74) is -0.406. The van der Waals surface area contributed by atoms with Gasteiger partial charge in [-0.1, -0.05) is 11.8 Å². The molecule has 0 amide bonds. The molecule has 4 atom stereocenters. The summed E-state index contributed by atoms with van der Waals surface area (Å²) in [4.78, 5) is 8.51. The molecule has 3 rings (SSSR count). The lowest BCUT2D eigenvalue weighted by Crippen LogP contribution is -2.40. The van der Waals surface area contributed by atoms with Crippen molar-refractivity contribution in [3.8, 4) is 11.8 Å². The van der Waals surface area contributed by atoms with Crippen LogP contribution in [0.3, 0.4) is 0 Å². The maximum Gasteiger partial charge on any atom is 0.181 e. The molecule has 0 aliphatic carbocycles. The van der Waals surface area contributed by atoms with Gasteiger partial charge in [0.25, 0.3) is 0 Å². The Labute approximate surface area is 152 Å². The highest BCUT2D eigenvalue weighted by atomic mass is 19.1. The van der Waals surface area contributed by atoms with Crippen LogP contribution >= 0.6 is 0 Å². The molecule has 1 fully saturated rings. The van der Waals surface area contributed by atoms with Crippen LogP contribution in [0.2, 0.25) is 0 Å². The Hall–Kier alpha value is -2.01. The predicted octanol–water partition coefficient (Wildman–Crippen LogP) is 2.12. The lowest BCUT2D eigenvalue weighted by atomic mass is 9.97. The first-order valence-corrected chi connectivity index (χ1v) is 8.55. The molecule has 7 heteroatoms. The summed E-state index contributed by atoms with van der Waals surface area (Å²) in [7, 11) is 0. The third-order valence-corrected chi connectivity index (χ3v) is 4.52. The van der Waals surface area contributed by atoms with Gasteiger partial charge in [-0.05, 0) is 34.6 Å². The fraction of sp³-hybridized carbons (Fsp3) is 0.579. The number of hydrogen-bond acceptors (Lipinski definition) is 5. The smallest absolute Gasteiger partial charge is 0.181 e. The molecule has 1 aliphatic heterocycles. The summed E-state index contributed by atoms with van der Waals surface area (Å²) in [5.74, 6) is 6.30. The minimum absolute atomic E-state index is 0.200. The van der Waals surface area contributed by atoms with Crippen LogP contribution in [0.1, 0.15) is 45.2 Å². The van der Waals surface area contributed by atoms with Crippen LogP contribution < -0.4 is 0 Å². The first kappa shape index (κ1) is 18.8. The molecule has 0 bridgehead atoms. The zero-order valence-electron chi connectivity index (χ0n) is 15.6. The molecule has 2 N–H and O–H groups in total. The van der Waals surface area contributed by atoms with E-state index in [9.17, 15) is 10.2 Å². The predicted molar refractivity (Wildman–Crippen MR) is 95.1 cm³/mol. The van der Waals surface area contributed by atoms with Gasteiger partial charge in [0.15, 0.2) is 11.9 Å². The van der Waals surface area contributed by atoms with Gasteiger partial charge in [0.1, 0.15) is 24.2 Å². The molecule has 0 unspecified atom stereocenters. The van der Waals surface area contributed by atoms with Crippen molar-refractivity contribution in [3.63, 3.8) is 0 Å². The van der Waals surface area contributed by atoms with E-state index in [1.165, 1.54) is 17.8 Å². The number of rotatable bonds is 2. The number of ether oxygens (including phenoxy) is 1. The van der Waals surface area contributed by atoms with Gasteiger partial charge in [0.05, 0.1) is 23.3 Å². The van der Waals surface area contributed by atoms with Gasteiger partial charge in [0.2, 0.25) is 0 Å². The van der Waals surface area contributed by atoms with E-state index in [1.807, 2.05) is 27.7 Å². The molecule has 0 aromatic carbocycles. The van der Waals surface area contributed by atoms with Gasteiger partial charge in [-0.25, -0.2) is 14.4 Å². The van der Waals surface area contributed by atoms with E-state index in [4.69, 9.17) is 4.74 Å². The van der Waals surface area contributed by atoms with Crippen LogP contribution in [0.4, 0.5) is 4.39 Å². The second-order valence-electron chi connectivity index (χ2n) is 7.91. The first-order chi connectivity index (χ1) is 12.1. The highest BCUT2D eigenvalue weighted by molar-refractivity contribution is 5.86. The number of aliphatic hydroxyl groups excluding tert-OH is 2. The van der Waals surface area contributed by atoms with Crippen molar-refractivity contribution in [1.82, 2.24) is 14.5 Å². The Morgan fingerprint density at radius 2 is 2.08 bits per heavy atom. The molecule has 1 saturated heterocycles. The zero-order valence-corrected chi connectivity index (χ0v) is 15.6. The summed E-state index contributed by atoms with van der Waals surface area (Å²) >= 11 is 0. The van der Waals surface area contributed by atoms with E-state index >= 15 is 4.39 Å². The molecule has 1 aliphatic rings. The van der Waals surface area contributed by atoms with Gasteiger partial charge in [-0.3, -0.25) is 0 Å². The van der Waals surface area contributed by atoms with E-state index in [2.05, 4.69) is 21.8 Å². The minimum Gasteiger partial charge on any atom is -0.394 e. The molecular formula is C19H24FN3O3. The summed E-state index contributed by atoms with van der Waals surface area (Å²) in [6.45, 7) is 8.64. The van der Waals surface area contributed by atoms with Crippen LogP contribution in [0.25, 0.3) is 11.0 Å².